The van der Waals surface area contributed by atoms with Gasteiger partial charge in [-0.05, 0) is 42.4 Å². The molecule has 1 fully saturated rings. The molecule has 1 aromatic carbocycles. The summed E-state index contributed by atoms with van der Waals surface area (Å²) in [5.74, 6) is 0.742. The Hall–Kier alpha value is -1.67. The number of benzene rings is 1. The van der Waals surface area contributed by atoms with Crippen LogP contribution in [0.2, 0.25) is 0 Å². The van der Waals surface area contributed by atoms with Gasteiger partial charge >= 0.3 is 0 Å². The summed E-state index contributed by atoms with van der Waals surface area (Å²) in [5.41, 5.74) is 4.28. The first kappa shape index (κ1) is 12.4. The Balaban J connectivity index is 1.81. The van der Waals surface area contributed by atoms with Crippen LogP contribution in [0, 0.1) is 6.92 Å². The van der Waals surface area contributed by atoms with E-state index in [1.165, 1.54) is 24.8 Å². The van der Waals surface area contributed by atoms with E-state index in [9.17, 15) is 5.11 Å². The Labute approximate surface area is 114 Å². The number of pyridine rings is 1. The second kappa shape index (κ2) is 5.14. The molecule has 19 heavy (non-hydrogen) atoms. The molecule has 98 valence electrons. The number of hydrogen-bond donors (Lipinski definition) is 1. The van der Waals surface area contributed by atoms with Crippen LogP contribution in [-0.4, -0.2) is 10.1 Å². The molecule has 0 amide bonds. The minimum absolute atomic E-state index is 0.581. The number of hydrogen-bond acceptors (Lipinski definition) is 2. The maximum atomic E-state index is 10.4. The van der Waals surface area contributed by atoms with Crippen LogP contribution in [0.3, 0.4) is 0 Å². The summed E-state index contributed by atoms with van der Waals surface area (Å²) in [6.45, 7) is 1.99. The number of aromatic nitrogens is 1. The summed E-state index contributed by atoms with van der Waals surface area (Å²) in [6, 6.07) is 10.4. The lowest BCUT2D eigenvalue weighted by Gasteiger charge is -2.26. The first-order valence-electron chi connectivity index (χ1n) is 6.93. The van der Waals surface area contributed by atoms with Gasteiger partial charge in [0.2, 0.25) is 0 Å². The molecule has 3 rings (SSSR count). The van der Waals surface area contributed by atoms with E-state index in [4.69, 9.17) is 0 Å². The zero-order valence-corrected chi connectivity index (χ0v) is 11.2. The van der Waals surface area contributed by atoms with Gasteiger partial charge in [-0.3, -0.25) is 4.98 Å². The molecule has 2 aromatic rings. The second-order valence-electron chi connectivity index (χ2n) is 5.49. The first-order chi connectivity index (χ1) is 9.24. The van der Waals surface area contributed by atoms with Gasteiger partial charge in [0, 0.05) is 18.0 Å². The molecule has 1 aromatic heterocycles. The summed E-state index contributed by atoms with van der Waals surface area (Å²) in [7, 11) is 0. The van der Waals surface area contributed by atoms with Crippen LogP contribution >= 0.6 is 0 Å². The van der Waals surface area contributed by atoms with Gasteiger partial charge in [0.05, 0.1) is 0 Å². The highest BCUT2D eigenvalue weighted by Crippen LogP contribution is 2.36. The minimum atomic E-state index is -0.581. The minimum Gasteiger partial charge on any atom is -0.384 e. The normalized spacial score (nSPS) is 16.9. The number of aliphatic hydroxyl groups excluding tert-OH is 1. The van der Waals surface area contributed by atoms with Gasteiger partial charge < -0.3 is 5.11 Å². The molecule has 0 radical (unpaired) electrons. The molecule has 2 heteroatoms. The van der Waals surface area contributed by atoms with Crippen LogP contribution in [-0.2, 0) is 0 Å². The van der Waals surface area contributed by atoms with Gasteiger partial charge in [0.1, 0.15) is 6.10 Å². The molecule has 0 aliphatic heterocycles. The quantitative estimate of drug-likeness (QED) is 0.904. The third kappa shape index (κ3) is 2.54. The largest absolute Gasteiger partial charge is 0.384 e. The number of nitrogens with zero attached hydrogens (tertiary/aromatic N) is 1. The Bertz CT molecular complexity index is 558. The van der Waals surface area contributed by atoms with E-state index in [0.29, 0.717) is 0 Å². The molecular formula is C17H19NO. The fourth-order valence-electron chi connectivity index (χ4n) is 2.61. The standard InChI is InChI=1S/C17H19NO/c1-12-9-16(11-18-10-12)17(19)15-7-5-14(6-8-15)13-3-2-4-13/h5-11,13,17,19H,2-4H2,1H3. The highest BCUT2D eigenvalue weighted by molar-refractivity contribution is 5.33. The predicted octanol–water partition coefficient (Wildman–Crippen LogP) is 3.74. The van der Waals surface area contributed by atoms with Crippen LogP contribution in [0.1, 0.15) is 53.5 Å². The van der Waals surface area contributed by atoms with Crippen LogP contribution in [0.25, 0.3) is 0 Å². The summed E-state index contributed by atoms with van der Waals surface area (Å²) >= 11 is 0. The van der Waals surface area contributed by atoms with E-state index in [0.717, 1.165) is 22.6 Å². The van der Waals surface area contributed by atoms with Crippen molar-refractivity contribution in [3.8, 4) is 0 Å². The van der Waals surface area contributed by atoms with Crippen molar-refractivity contribution < 1.29 is 5.11 Å². The van der Waals surface area contributed by atoms with E-state index in [1.807, 2.05) is 25.1 Å². The van der Waals surface area contributed by atoms with Gasteiger partial charge in [-0.15, -0.1) is 0 Å². The van der Waals surface area contributed by atoms with Crippen molar-refractivity contribution in [2.45, 2.75) is 38.2 Å². The van der Waals surface area contributed by atoms with Crippen LogP contribution in [0.4, 0.5) is 0 Å². The van der Waals surface area contributed by atoms with Crippen molar-refractivity contribution in [3.05, 3.63) is 65.0 Å². The van der Waals surface area contributed by atoms with E-state index in [-0.39, 0.29) is 0 Å². The lowest BCUT2D eigenvalue weighted by molar-refractivity contribution is 0.219. The van der Waals surface area contributed by atoms with Gasteiger partial charge in [0.25, 0.3) is 0 Å². The molecule has 1 unspecified atom stereocenters. The van der Waals surface area contributed by atoms with Gasteiger partial charge in [0.15, 0.2) is 0 Å². The molecule has 2 nitrogen and oxygen atoms in total. The highest BCUT2D eigenvalue weighted by atomic mass is 16.3. The van der Waals surface area contributed by atoms with Crippen molar-refractivity contribution in [3.63, 3.8) is 0 Å². The maximum absolute atomic E-state index is 10.4. The molecule has 1 atom stereocenters. The smallest absolute Gasteiger partial charge is 0.106 e. The fourth-order valence-corrected chi connectivity index (χ4v) is 2.61. The zero-order chi connectivity index (χ0) is 13.2. The molecule has 0 saturated heterocycles. The number of aryl methyl sites for hydroxylation is 1. The number of rotatable bonds is 3. The molecule has 1 heterocycles. The summed E-state index contributed by atoms with van der Waals surface area (Å²) in [6.07, 6.45) is 6.92. The Kier molecular flexibility index (Phi) is 3.34. The van der Waals surface area contributed by atoms with Crippen LogP contribution in [0.5, 0.6) is 0 Å². The second-order valence-corrected chi connectivity index (χ2v) is 5.49. The summed E-state index contributed by atoms with van der Waals surface area (Å²) < 4.78 is 0. The molecule has 1 aliphatic carbocycles. The average molecular weight is 253 g/mol. The van der Waals surface area contributed by atoms with Crippen molar-refractivity contribution in [2.75, 3.05) is 0 Å². The van der Waals surface area contributed by atoms with Crippen molar-refractivity contribution in [2.24, 2.45) is 0 Å². The van der Waals surface area contributed by atoms with E-state index in [1.54, 1.807) is 12.4 Å². The summed E-state index contributed by atoms with van der Waals surface area (Å²) in [4.78, 5) is 4.14. The van der Waals surface area contributed by atoms with Gasteiger partial charge in [-0.2, -0.15) is 0 Å². The molecule has 0 bridgehead atoms. The van der Waals surface area contributed by atoms with E-state index < -0.39 is 6.10 Å². The van der Waals surface area contributed by atoms with Crippen molar-refractivity contribution in [1.29, 1.82) is 0 Å². The fraction of sp³-hybridized carbons (Fsp3) is 0.353. The SMILES string of the molecule is Cc1cncc(C(O)c2ccc(C3CCC3)cc2)c1. The molecule has 1 N–H and O–H groups in total. The van der Waals surface area contributed by atoms with Crippen molar-refractivity contribution in [1.82, 2.24) is 4.98 Å². The average Bonchev–Trinajstić information content (AvgIpc) is 2.37. The molecule has 1 aliphatic rings. The molecule has 1 saturated carbocycles. The Morgan fingerprint density at radius 1 is 1.11 bits per heavy atom. The monoisotopic (exact) mass is 253 g/mol. The lowest BCUT2D eigenvalue weighted by Crippen LogP contribution is -2.09. The maximum Gasteiger partial charge on any atom is 0.106 e. The third-order valence-corrected chi connectivity index (χ3v) is 4.04. The summed E-state index contributed by atoms with van der Waals surface area (Å²) in [5, 5.41) is 10.4. The first-order valence-corrected chi connectivity index (χ1v) is 6.93. The predicted molar refractivity (Wildman–Crippen MR) is 76.1 cm³/mol. The van der Waals surface area contributed by atoms with E-state index >= 15 is 0 Å². The number of aliphatic hydroxyl groups is 1. The van der Waals surface area contributed by atoms with Gasteiger partial charge in [-0.1, -0.05) is 36.8 Å². The third-order valence-electron chi connectivity index (χ3n) is 4.04. The molecular weight excluding hydrogens is 234 g/mol. The molecule has 0 spiro atoms. The topological polar surface area (TPSA) is 33.1 Å². The van der Waals surface area contributed by atoms with Gasteiger partial charge in [-0.25, -0.2) is 0 Å². The van der Waals surface area contributed by atoms with Crippen molar-refractivity contribution >= 4 is 0 Å². The van der Waals surface area contributed by atoms with E-state index in [2.05, 4.69) is 17.1 Å². The van der Waals surface area contributed by atoms with Crippen LogP contribution in [0.15, 0.2) is 42.7 Å². The highest BCUT2D eigenvalue weighted by Gasteiger charge is 2.19. The Morgan fingerprint density at radius 3 is 2.42 bits per heavy atom. The zero-order valence-electron chi connectivity index (χ0n) is 11.2. The Morgan fingerprint density at radius 2 is 1.84 bits per heavy atom. The van der Waals surface area contributed by atoms with Crippen LogP contribution < -0.4 is 0 Å². The lowest BCUT2D eigenvalue weighted by atomic mass is 9.80.